The highest BCUT2D eigenvalue weighted by Gasteiger charge is 2.43. The number of hydrogen-bond donors (Lipinski definition) is 1. The van der Waals surface area contributed by atoms with Gasteiger partial charge < -0.3 is 10.6 Å². The molecule has 2 atom stereocenters. The van der Waals surface area contributed by atoms with E-state index in [-0.39, 0.29) is 35.9 Å². The first-order valence-electron chi connectivity index (χ1n) is 8.92. The van der Waals surface area contributed by atoms with Gasteiger partial charge in [0.2, 0.25) is 11.8 Å². The maximum Gasteiger partial charge on any atom is 0.231 e. The van der Waals surface area contributed by atoms with Crippen molar-refractivity contribution in [1.29, 1.82) is 0 Å². The number of piperidine rings is 1. The summed E-state index contributed by atoms with van der Waals surface area (Å²) < 4.78 is 13.3. The first-order chi connectivity index (χ1) is 12.3. The summed E-state index contributed by atoms with van der Waals surface area (Å²) in [6, 6.07) is 6.12. The number of carbonyl (C=O) groups excluding carboxylic acids is 2. The Morgan fingerprint density at radius 2 is 2.23 bits per heavy atom. The summed E-state index contributed by atoms with van der Waals surface area (Å²) >= 11 is 0. The number of guanidine groups is 1. The van der Waals surface area contributed by atoms with Crippen LogP contribution in [0.3, 0.4) is 0 Å². The average Bonchev–Trinajstić information content (AvgIpc) is 2.60. The molecule has 3 rings (SSSR count). The maximum absolute atomic E-state index is 13.3. The fourth-order valence-electron chi connectivity index (χ4n) is 3.81. The molecule has 2 heterocycles. The van der Waals surface area contributed by atoms with Gasteiger partial charge in [0.05, 0.1) is 18.4 Å². The monoisotopic (exact) mass is 360 g/mol. The zero-order chi connectivity index (χ0) is 18.9. The van der Waals surface area contributed by atoms with Crippen LogP contribution in [0, 0.1) is 11.7 Å². The Kier molecular flexibility index (Phi) is 4.98. The van der Waals surface area contributed by atoms with Crippen LogP contribution < -0.4 is 5.73 Å². The fraction of sp³-hybridized carbons (Fsp3) is 0.526. The lowest BCUT2D eigenvalue weighted by Crippen LogP contribution is -2.55. The third kappa shape index (κ3) is 3.71. The zero-order valence-electron chi connectivity index (χ0n) is 15.2. The van der Waals surface area contributed by atoms with E-state index in [2.05, 4.69) is 4.99 Å². The number of amides is 2. The Morgan fingerprint density at radius 1 is 1.46 bits per heavy atom. The smallest absolute Gasteiger partial charge is 0.231 e. The van der Waals surface area contributed by atoms with Crippen LogP contribution in [-0.4, -0.2) is 53.2 Å². The van der Waals surface area contributed by atoms with Gasteiger partial charge in [0.15, 0.2) is 5.96 Å². The Balaban J connectivity index is 1.71. The van der Waals surface area contributed by atoms with Gasteiger partial charge in [0.1, 0.15) is 5.82 Å². The Morgan fingerprint density at radius 3 is 2.92 bits per heavy atom. The van der Waals surface area contributed by atoms with Crippen molar-refractivity contribution in [1.82, 2.24) is 9.80 Å². The van der Waals surface area contributed by atoms with Gasteiger partial charge >= 0.3 is 0 Å². The standard InChI is InChI=1S/C19H25FN4O2/c1-19(11-17(26)23(2)18(21)22-19)14-6-4-8-24(12-14)16(25)10-13-5-3-7-15(20)9-13/h3,5,7,9,14H,4,6,8,10-12H2,1-2H3,(H2,21,22)/t14?,19-/m0/s1. The van der Waals surface area contributed by atoms with Gasteiger partial charge in [-0.15, -0.1) is 0 Å². The number of aliphatic imine (C=N–C) groups is 1. The third-order valence-corrected chi connectivity index (χ3v) is 5.49. The molecule has 0 bridgehead atoms. The summed E-state index contributed by atoms with van der Waals surface area (Å²) in [7, 11) is 1.62. The molecular weight excluding hydrogens is 335 g/mol. The molecule has 1 saturated heterocycles. The van der Waals surface area contributed by atoms with Crippen molar-refractivity contribution in [2.75, 3.05) is 20.1 Å². The van der Waals surface area contributed by atoms with Crippen LogP contribution in [0.1, 0.15) is 31.7 Å². The molecule has 1 aromatic carbocycles. The van der Waals surface area contributed by atoms with Crippen molar-refractivity contribution in [3.63, 3.8) is 0 Å². The van der Waals surface area contributed by atoms with E-state index in [0.717, 1.165) is 12.8 Å². The second-order valence-corrected chi connectivity index (χ2v) is 7.44. The molecule has 1 fully saturated rings. The van der Waals surface area contributed by atoms with Crippen molar-refractivity contribution in [2.24, 2.45) is 16.6 Å². The third-order valence-electron chi connectivity index (χ3n) is 5.49. The van der Waals surface area contributed by atoms with E-state index < -0.39 is 5.54 Å². The summed E-state index contributed by atoms with van der Waals surface area (Å²) in [5.41, 5.74) is 5.98. The van der Waals surface area contributed by atoms with Gasteiger partial charge in [-0.25, -0.2) is 9.38 Å². The number of hydrogen-bond acceptors (Lipinski definition) is 4. The molecule has 6 nitrogen and oxygen atoms in total. The second kappa shape index (κ2) is 7.05. The fourth-order valence-corrected chi connectivity index (χ4v) is 3.81. The predicted octanol–water partition coefficient (Wildman–Crippen LogP) is 1.54. The average molecular weight is 360 g/mol. The van der Waals surface area contributed by atoms with E-state index in [9.17, 15) is 14.0 Å². The van der Waals surface area contributed by atoms with Crippen LogP contribution in [0.5, 0.6) is 0 Å². The van der Waals surface area contributed by atoms with Crippen molar-refractivity contribution >= 4 is 17.8 Å². The first kappa shape index (κ1) is 18.4. The summed E-state index contributed by atoms with van der Waals surface area (Å²) in [6.07, 6.45) is 2.22. The molecule has 140 valence electrons. The van der Waals surface area contributed by atoms with E-state index >= 15 is 0 Å². The quantitative estimate of drug-likeness (QED) is 0.888. The van der Waals surface area contributed by atoms with Crippen LogP contribution in [0.25, 0.3) is 0 Å². The molecule has 2 aliphatic rings. The van der Waals surface area contributed by atoms with E-state index in [1.54, 1.807) is 24.1 Å². The number of likely N-dealkylation sites (tertiary alicyclic amines) is 1. The molecule has 2 amide bonds. The normalized spacial score (nSPS) is 26.7. The minimum Gasteiger partial charge on any atom is -0.369 e. The molecule has 1 unspecified atom stereocenters. The molecule has 0 radical (unpaired) electrons. The Labute approximate surface area is 152 Å². The molecule has 2 aliphatic heterocycles. The van der Waals surface area contributed by atoms with Gasteiger partial charge in [0.25, 0.3) is 0 Å². The predicted molar refractivity (Wildman–Crippen MR) is 96.8 cm³/mol. The largest absolute Gasteiger partial charge is 0.369 e. The van der Waals surface area contributed by atoms with E-state index in [0.29, 0.717) is 25.1 Å². The van der Waals surface area contributed by atoms with Gasteiger partial charge in [-0.3, -0.25) is 14.5 Å². The van der Waals surface area contributed by atoms with Crippen molar-refractivity contribution in [3.8, 4) is 0 Å². The summed E-state index contributed by atoms with van der Waals surface area (Å²) in [5, 5.41) is 0. The molecule has 0 aromatic heterocycles. The van der Waals surface area contributed by atoms with Gasteiger partial charge in [-0.05, 0) is 37.5 Å². The second-order valence-electron chi connectivity index (χ2n) is 7.44. The van der Waals surface area contributed by atoms with Crippen LogP contribution in [0.4, 0.5) is 4.39 Å². The number of nitrogens with zero attached hydrogens (tertiary/aromatic N) is 3. The highest BCUT2D eigenvalue weighted by Crippen LogP contribution is 2.35. The Bertz CT molecular complexity index is 751. The van der Waals surface area contributed by atoms with E-state index in [1.807, 2.05) is 6.92 Å². The molecule has 0 aliphatic carbocycles. The Hall–Kier alpha value is -2.44. The zero-order valence-corrected chi connectivity index (χ0v) is 15.2. The van der Waals surface area contributed by atoms with Crippen molar-refractivity contribution < 1.29 is 14.0 Å². The molecule has 1 aromatic rings. The summed E-state index contributed by atoms with van der Waals surface area (Å²) in [5.74, 6) is -0.117. The van der Waals surface area contributed by atoms with Gasteiger partial charge in [-0.1, -0.05) is 12.1 Å². The lowest BCUT2D eigenvalue weighted by Gasteiger charge is -2.43. The van der Waals surface area contributed by atoms with Gasteiger partial charge in [0, 0.05) is 26.1 Å². The van der Waals surface area contributed by atoms with Crippen molar-refractivity contribution in [3.05, 3.63) is 35.6 Å². The van der Waals surface area contributed by atoms with Crippen LogP contribution in [-0.2, 0) is 16.0 Å². The van der Waals surface area contributed by atoms with E-state index in [1.165, 1.54) is 17.0 Å². The van der Waals surface area contributed by atoms with Crippen LogP contribution in [0.2, 0.25) is 0 Å². The van der Waals surface area contributed by atoms with Crippen molar-refractivity contribution in [2.45, 2.75) is 38.1 Å². The SMILES string of the molecule is CN1C(=O)C[C@@](C)(C2CCCN(C(=O)Cc3cccc(F)c3)C2)N=C1N. The lowest BCUT2D eigenvalue weighted by molar-refractivity contribution is -0.133. The molecule has 0 saturated carbocycles. The molecule has 0 spiro atoms. The number of halogens is 1. The molecule has 7 heteroatoms. The van der Waals surface area contributed by atoms with Gasteiger partial charge in [-0.2, -0.15) is 0 Å². The number of benzene rings is 1. The number of nitrogens with two attached hydrogens (primary N) is 1. The minimum atomic E-state index is -0.592. The first-order valence-corrected chi connectivity index (χ1v) is 8.92. The summed E-state index contributed by atoms with van der Waals surface area (Å²) in [6.45, 7) is 3.15. The molecule has 26 heavy (non-hydrogen) atoms. The highest BCUT2D eigenvalue weighted by molar-refractivity contribution is 5.98. The number of carbonyl (C=O) groups is 2. The molecule has 2 N–H and O–H groups in total. The maximum atomic E-state index is 13.3. The van der Waals surface area contributed by atoms with Crippen LogP contribution >= 0.6 is 0 Å². The van der Waals surface area contributed by atoms with Crippen LogP contribution in [0.15, 0.2) is 29.3 Å². The topological polar surface area (TPSA) is 79.0 Å². The highest BCUT2D eigenvalue weighted by atomic mass is 19.1. The number of rotatable bonds is 3. The molecular formula is C19H25FN4O2. The minimum absolute atomic E-state index is 0.0277. The summed E-state index contributed by atoms with van der Waals surface area (Å²) in [4.78, 5) is 32.6. The lowest BCUT2D eigenvalue weighted by atomic mass is 9.77. The van der Waals surface area contributed by atoms with E-state index in [4.69, 9.17) is 5.73 Å².